The normalized spacial score (nSPS) is 18.2. The molecule has 1 heterocycles. The Morgan fingerprint density at radius 3 is 2.54 bits per heavy atom. The molecule has 0 aromatic heterocycles. The lowest BCUT2D eigenvalue weighted by atomic mass is 10.2. The molecule has 2 aromatic carbocycles. The minimum absolute atomic E-state index is 0.107. The second kappa shape index (κ2) is 9.25. The van der Waals surface area contributed by atoms with Crippen LogP contribution >= 0.6 is 27.7 Å². The number of thioether (sulfide) groups is 1. The lowest BCUT2D eigenvalue weighted by Crippen LogP contribution is -2.45. The lowest BCUT2D eigenvalue weighted by molar-refractivity contribution is -0.129. The molecule has 2 amide bonds. The van der Waals surface area contributed by atoms with Crippen LogP contribution in [0.1, 0.15) is 13.3 Å². The summed E-state index contributed by atoms with van der Waals surface area (Å²) in [5, 5.41) is 2.86. The van der Waals surface area contributed by atoms with E-state index in [9.17, 15) is 9.59 Å². The van der Waals surface area contributed by atoms with E-state index in [-0.39, 0.29) is 18.2 Å². The van der Waals surface area contributed by atoms with Crippen LogP contribution in [0.5, 0.6) is 5.75 Å². The molecule has 8 heteroatoms. The van der Waals surface area contributed by atoms with Crippen LogP contribution in [0.2, 0.25) is 0 Å². The van der Waals surface area contributed by atoms with E-state index in [2.05, 4.69) is 26.2 Å². The second-order valence-corrected chi connectivity index (χ2v) is 8.12. The van der Waals surface area contributed by atoms with Crippen LogP contribution in [0.15, 0.2) is 58.0 Å². The van der Waals surface area contributed by atoms with E-state index in [1.807, 2.05) is 55.5 Å². The second-order valence-electron chi connectivity index (χ2n) is 6.04. The van der Waals surface area contributed by atoms with E-state index >= 15 is 0 Å². The lowest BCUT2D eigenvalue weighted by Gasteiger charge is -2.30. The van der Waals surface area contributed by atoms with Crippen molar-refractivity contribution >= 4 is 56.0 Å². The highest BCUT2D eigenvalue weighted by molar-refractivity contribution is 9.10. The molecule has 1 aliphatic rings. The molecule has 0 saturated carbocycles. The Morgan fingerprint density at radius 2 is 1.93 bits per heavy atom. The number of aliphatic imine (C=N–C) groups is 1. The molecule has 146 valence electrons. The largest absolute Gasteiger partial charge is 0.497 e. The molecular weight excluding hydrogens is 442 g/mol. The van der Waals surface area contributed by atoms with E-state index < -0.39 is 5.25 Å². The van der Waals surface area contributed by atoms with Crippen LogP contribution in [0.4, 0.5) is 11.4 Å². The zero-order valence-corrected chi connectivity index (χ0v) is 17.9. The first-order valence-corrected chi connectivity index (χ1v) is 10.4. The first kappa shape index (κ1) is 20.4. The van der Waals surface area contributed by atoms with Gasteiger partial charge in [-0.2, -0.15) is 0 Å². The van der Waals surface area contributed by atoms with Crippen molar-refractivity contribution in [3.63, 3.8) is 0 Å². The van der Waals surface area contributed by atoms with Crippen LogP contribution in [0.25, 0.3) is 0 Å². The van der Waals surface area contributed by atoms with Gasteiger partial charge in [-0.1, -0.05) is 27.7 Å². The van der Waals surface area contributed by atoms with Crippen molar-refractivity contribution in [3.8, 4) is 5.75 Å². The van der Waals surface area contributed by atoms with Gasteiger partial charge in [0.25, 0.3) is 0 Å². The van der Waals surface area contributed by atoms with Gasteiger partial charge in [0, 0.05) is 23.1 Å². The molecule has 1 N–H and O–H groups in total. The number of hydrogen-bond acceptors (Lipinski definition) is 5. The predicted molar refractivity (Wildman–Crippen MR) is 116 cm³/mol. The Labute approximate surface area is 176 Å². The van der Waals surface area contributed by atoms with E-state index in [4.69, 9.17) is 4.74 Å². The van der Waals surface area contributed by atoms with Gasteiger partial charge >= 0.3 is 0 Å². The number of amides is 2. The highest BCUT2D eigenvalue weighted by atomic mass is 79.9. The molecule has 1 unspecified atom stereocenters. The summed E-state index contributed by atoms with van der Waals surface area (Å²) in [7, 11) is 1.60. The third kappa shape index (κ3) is 4.94. The zero-order valence-electron chi connectivity index (χ0n) is 15.5. The monoisotopic (exact) mass is 461 g/mol. The number of carbonyl (C=O) groups is 2. The van der Waals surface area contributed by atoms with Crippen molar-refractivity contribution in [2.75, 3.05) is 19.0 Å². The van der Waals surface area contributed by atoms with Crippen LogP contribution in [0, 0.1) is 0 Å². The van der Waals surface area contributed by atoms with Gasteiger partial charge in [-0.25, -0.2) is 4.99 Å². The van der Waals surface area contributed by atoms with E-state index in [0.29, 0.717) is 23.1 Å². The molecular formula is C20H20BrN3O3S. The van der Waals surface area contributed by atoms with Gasteiger partial charge in [0.2, 0.25) is 11.8 Å². The molecule has 28 heavy (non-hydrogen) atoms. The number of ether oxygens (including phenoxy) is 1. The number of hydrogen-bond donors (Lipinski definition) is 1. The molecule has 3 rings (SSSR count). The average molecular weight is 462 g/mol. The number of benzene rings is 2. The maximum Gasteiger partial charge on any atom is 0.238 e. The summed E-state index contributed by atoms with van der Waals surface area (Å²) in [5.74, 6) is 0.416. The third-order valence-corrected chi connectivity index (χ3v) is 5.87. The molecule has 1 atom stereocenters. The number of carbonyl (C=O) groups excluding carboxylic acids is 2. The number of methoxy groups -OCH3 is 1. The van der Waals surface area contributed by atoms with Crippen LogP contribution in [0.3, 0.4) is 0 Å². The molecule has 0 aliphatic carbocycles. The molecule has 2 aromatic rings. The quantitative estimate of drug-likeness (QED) is 0.714. The van der Waals surface area contributed by atoms with Crippen molar-refractivity contribution in [1.82, 2.24) is 4.90 Å². The van der Waals surface area contributed by atoms with Gasteiger partial charge in [0.1, 0.15) is 11.0 Å². The Hall–Kier alpha value is -2.32. The molecule has 1 fully saturated rings. The Morgan fingerprint density at radius 1 is 1.25 bits per heavy atom. The molecule has 0 radical (unpaired) electrons. The van der Waals surface area contributed by atoms with Crippen molar-refractivity contribution in [2.45, 2.75) is 18.6 Å². The fraction of sp³-hybridized carbons (Fsp3) is 0.250. The maximum atomic E-state index is 12.7. The van der Waals surface area contributed by atoms with Crippen molar-refractivity contribution in [1.29, 1.82) is 0 Å². The Bertz CT molecular complexity index is 885. The minimum atomic E-state index is -0.532. The topological polar surface area (TPSA) is 71.0 Å². The van der Waals surface area contributed by atoms with Crippen molar-refractivity contribution in [3.05, 3.63) is 53.0 Å². The first-order chi connectivity index (χ1) is 13.5. The summed E-state index contributed by atoms with van der Waals surface area (Å²) in [5.41, 5.74) is 1.39. The minimum Gasteiger partial charge on any atom is -0.497 e. The van der Waals surface area contributed by atoms with Gasteiger partial charge in [-0.05, 0) is 55.5 Å². The van der Waals surface area contributed by atoms with Gasteiger partial charge in [0.15, 0.2) is 5.17 Å². The van der Waals surface area contributed by atoms with E-state index in [1.54, 1.807) is 12.0 Å². The van der Waals surface area contributed by atoms with Gasteiger partial charge < -0.3 is 10.1 Å². The van der Waals surface area contributed by atoms with Crippen LogP contribution in [-0.4, -0.2) is 40.8 Å². The SMILES string of the molecule is CCN1C(=O)CC(C(=O)Nc2ccc(Br)cc2)SC1=Nc1ccc(OC)cc1. The summed E-state index contributed by atoms with van der Waals surface area (Å²) in [6.07, 6.45) is 0.141. The number of amidine groups is 1. The summed E-state index contributed by atoms with van der Waals surface area (Å²) in [4.78, 5) is 31.5. The van der Waals surface area contributed by atoms with Crippen molar-refractivity contribution in [2.24, 2.45) is 4.99 Å². The fourth-order valence-corrected chi connectivity index (χ4v) is 4.10. The standard InChI is InChI=1S/C20H20BrN3O3S/c1-3-24-18(25)12-17(19(26)22-14-6-4-13(21)5-7-14)28-20(24)23-15-8-10-16(27-2)11-9-15/h4-11,17H,3,12H2,1-2H3,(H,22,26). The predicted octanol–water partition coefficient (Wildman–Crippen LogP) is 4.44. The van der Waals surface area contributed by atoms with E-state index in [0.717, 1.165) is 10.2 Å². The summed E-state index contributed by atoms with van der Waals surface area (Å²) >= 11 is 4.67. The fourth-order valence-electron chi connectivity index (χ4n) is 2.68. The number of anilines is 1. The highest BCUT2D eigenvalue weighted by Crippen LogP contribution is 2.30. The third-order valence-electron chi connectivity index (χ3n) is 4.16. The highest BCUT2D eigenvalue weighted by Gasteiger charge is 2.35. The molecule has 1 saturated heterocycles. The number of nitrogens with zero attached hydrogens (tertiary/aromatic N) is 2. The number of rotatable bonds is 5. The smallest absolute Gasteiger partial charge is 0.238 e. The first-order valence-electron chi connectivity index (χ1n) is 8.76. The van der Waals surface area contributed by atoms with Gasteiger partial charge in [-0.3, -0.25) is 14.5 Å². The maximum absolute atomic E-state index is 12.7. The molecule has 0 spiro atoms. The van der Waals surface area contributed by atoms with Gasteiger partial charge in [-0.15, -0.1) is 0 Å². The summed E-state index contributed by atoms with van der Waals surface area (Å²) < 4.78 is 6.09. The zero-order chi connectivity index (χ0) is 20.1. The average Bonchev–Trinajstić information content (AvgIpc) is 2.70. The summed E-state index contributed by atoms with van der Waals surface area (Å²) in [6, 6.07) is 14.6. The molecule has 0 bridgehead atoms. The number of halogens is 1. The molecule has 6 nitrogen and oxygen atoms in total. The van der Waals surface area contributed by atoms with Crippen LogP contribution < -0.4 is 10.1 Å². The molecule has 1 aliphatic heterocycles. The number of nitrogens with one attached hydrogen (secondary N) is 1. The Kier molecular flexibility index (Phi) is 6.74. The summed E-state index contributed by atoms with van der Waals surface area (Å²) in [6.45, 7) is 2.39. The van der Waals surface area contributed by atoms with Crippen molar-refractivity contribution < 1.29 is 14.3 Å². The van der Waals surface area contributed by atoms with Gasteiger partial charge in [0.05, 0.1) is 12.8 Å². The Balaban J connectivity index is 1.78. The van der Waals surface area contributed by atoms with E-state index in [1.165, 1.54) is 11.8 Å². The van der Waals surface area contributed by atoms with Crippen LogP contribution in [-0.2, 0) is 9.59 Å².